The molecule has 0 aromatic rings. The van der Waals surface area contributed by atoms with Gasteiger partial charge in [0.25, 0.3) is 0 Å². The molecule has 1 aliphatic rings. The first kappa shape index (κ1) is 23.2. The number of rotatable bonds is 11. The molecule has 0 radical (unpaired) electrons. The van der Waals surface area contributed by atoms with Crippen molar-refractivity contribution in [2.45, 2.75) is 64.9 Å². The number of nitrogens with zero attached hydrogens (tertiary/aromatic N) is 3. The third kappa shape index (κ3) is 9.74. The summed E-state index contributed by atoms with van der Waals surface area (Å²) < 4.78 is 0. The standard InChI is InChI=1S/C20H43N5O/c1-5-10-20(26,11-6-2)18-23-19(21-7-3)22-12-8-14-25-15-9-13-24(4)16-17-25/h26H,5-18H2,1-4H3,(H2,21,22,23). The van der Waals surface area contributed by atoms with Crippen molar-refractivity contribution in [3.63, 3.8) is 0 Å². The first-order chi connectivity index (χ1) is 12.5. The fourth-order valence-electron chi connectivity index (χ4n) is 3.61. The van der Waals surface area contributed by atoms with E-state index in [9.17, 15) is 5.11 Å². The third-order valence-electron chi connectivity index (χ3n) is 5.06. The molecule has 154 valence electrons. The number of guanidine groups is 1. The average molecular weight is 370 g/mol. The van der Waals surface area contributed by atoms with E-state index in [4.69, 9.17) is 0 Å². The summed E-state index contributed by atoms with van der Waals surface area (Å²) in [6.45, 7) is 14.4. The summed E-state index contributed by atoms with van der Waals surface area (Å²) >= 11 is 0. The molecular weight excluding hydrogens is 326 g/mol. The van der Waals surface area contributed by atoms with Crippen LogP contribution in [0.15, 0.2) is 4.99 Å². The molecule has 6 heteroatoms. The van der Waals surface area contributed by atoms with Crippen LogP contribution < -0.4 is 10.6 Å². The SMILES string of the molecule is CCCC(O)(CCC)CN=C(NCC)NCCCN1CCCN(C)CC1. The van der Waals surface area contributed by atoms with Crippen molar-refractivity contribution in [3.05, 3.63) is 0 Å². The largest absolute Gasteiger partial charge is 0.388 e. The molecule has 1 saturated heterocycles. The molecule has 26 heavy (non-hydrogen) atoms. The second-order valence-electron chi connectivity index (χ2n) is 7.70. The number of hydrogen-bond donors (Lipinski definition) is 3. The monoisotopic (exact) mass is 369 g/mol. The first-order valence-electron chi connectivity index (χ1n) is 10.7. The maximum Gasteiger partial charge on any atom is 0.191 e. The number of aliphatic imine (C=N–C) groups is 1. The van der Waals surface area contributed by atoms with Crippen molar-refractivity contribution < 1.29 is 5.11 Å². The van der Waals surface area contributed by atoms with E-state index in [2.05, 4.69) is 53.2 Å². The van der Waals surface area contributed by atoms with E-state index in [-0.39, 0.29) is 0 Å². The number of hydrogen-bond acceptors (Lipinski definition) is 4. The van der Waals surface area contributed by atoms with Crippen molar-refractivity contribution in [1.29, 1.82) is 0 Å². The zero-order valence-electron chi connectivity index (χ0n) is 17.7. The summed E-state index contributed by atoms with van der Waals surface area (Å²) in [6.07, 6.45) is 5.98. The summed E-state index contributed by atoms with van der Waals surface area (Å²) in [4.78, 5) is 9.64. The third-order valence-corrected chi connectivity index (χ3v) is 5.06. The molecule has 0 saturated carbocycles. The van der Waals surface area contributed by atoms with Crippen molar-refractivity contribution in [1.82, 2.24) is 20.4 Å². The Kier molecular flexibility index (Phi) is 11.9. The van der Waals surface area contributed by atoms with Crippen LogP contribution >= 0.6 is 0 Å². The lowest BCUT2D eigenvalue weighted by molar-refractivity contribution is 0.0306. The minimum Gasteiger partial charge on any atom is -0.388 e. The normalized spacial score (nSPS) is 18.0. The van der Waals surface area contributed by atoms with E-state index in [1.165, 1.54) is 32.6 Å². The highest BCUT2D eigenvalue weighted by atomic mass is 16.3. The minimum atomic E-state index is -0.663. The lowest BCUT2D eigenvalue weighted by Crippen LogP contribution is -2.41. The summed E-state index contributed by atoms with van der Waals surface area (Å²) in [5, 5.41) is 17.5. The first-order valence-corrected chi connectivity index (χ1v) is 10.7. The van der Waals surface area contributed by atoms with E-state index >= 15 is 0 Å². The van der Waals surface area contributed by atoms with Crippen LogP contribution in [0, 0.1) is 0 Å². The zero-order valence-corrected chi connectivity index (χ0v) is 17.7. The fraction of sp³-hybridized carbons (Fsp3) is 0.950. The van der Waals surface area contributed by atoms with E-state index in [0.29, 0.717) is 6.54 Å². The molecule has 1 heterocycles. The van der Waals surface area contributed by atoms with Crippen LogP contribution in [0.5, 0.6) is 0 Å². The van der Waals surface area contributed by atoms with Gasteiger partial charge in [0.2, 0.25) is 0 Å². The highest BCUT2D eigenvalue weighted by Gasteiger charge is 2.24. The van der Waals surface area contributed by atoms with E-state index in [1.54, 1.807) is 0 Å². The Morgan fingerprint density at radius 2 is 1.77 bits per heavy atom. The smallest absolute Gasteiger partial charge is 0.191 e. The Bertz CT molecular complexity index is 382. The molecule has 0 aromatic carbocycles. The van der Waals surface area contributed by atoms with Gasteiger partial charge in [-0.3, -0.25) is 4.99 Å². The second-order valence-corrected chi connectivity index (χ2v) is 7.70. The fourth-order valence-corrected chi connectivity index (χ4v) is 3.61. The van der Waals surface area contributed by atoms with Gasteiger partial charge in [-0.2, -0.15) is 0 Å². The number of likely N-dealkylation sites (N-methyl/N-ethyl adjacent to an activating group) is 1. The summed E-state index contributed by atoms with van der Waals surface area (Å²) in [7, 11) is 2.21. The summed E-state index contributed by atoms with van der Waals surface area (Å²) in [5.74, 6) is 0.828. The van der Waals surface area contributed by atoms with Crippen LogP contribution in [0.4, 0.5) is 0 Å². The lowest BCUT2D eigenvalue weighted by Gasteiger charge is -2.26. The van der Waals surface area contributed by atoms with Crippen LogP contribution in [-0.2, 0) is 0 Å². The molecule has 0 aromatic heterocycles. The quantitative estimate of drug-likeness (QED) is 0.295. The highest BCUT2D eigenvalue weighted by molar-refractivity contribution is 5.79. The molecule has 1 rings (SSSR count). The Balaban J connectivity index is 2.39. The van der Waals surface area contributed by atoms with Crippen LogP contribution in [0.1, 0.15) is 59.3 Å². The Morgan fingerprint density at radius 1 is 1.04 bits per heavy atom. The molecule has 6 nitrogen and oxygen atoms in total. The van der Waals surface area contributed by atoms with Gasteiger partial charge in [0.05, 0.1) is 12.1 Å². The summed E-state index contributed by atoms with van der Waals surface area (Å²) in [5.41, 5.74) is -0.663. The maximum atomic E-state index is 10.7. The predicted molar refractivity (Wildman–Crippen MR) is 112 cm³/mol. The number of aliphatic hydroxyl groups is 1. The van der Waals surface area contributed by atoms with Crippen molar-refractivity contribution in [2.75, 3.05) is 59.4 Å². The summed E-state index contributed by atoms with van der Waals surface area (Å²) in [6, 6.07) is 0. The molecule has 1 aliphatic heterocycles. The van der Waals surface area contributed by atoms with Gasteiger partial charge in [-0.25, -0.2) is 0 Å². The Hall–Kier alpha value is -0.850. The number of nitrogens with one attached hydrogen (secondary N) is 2. The van der Waals surface area contributed by atoms with Gasteiger partial charge in [-0.05, 0) is 59.3 Å². The van der Waals surface area contributed by atoms with E-state index in [0.717, 1.165) is 57.7 Å². The van der Waals surface area contributed by atoms with Crippen molar-refractivity contribution in [2.24, 2.45) is 4.99 Å². The maximum absolute atomic E-state index is 10.7. The van der Waals surface area contributed by atoms with Gasteiger partial charge in [-0.15, -0.1) is 0 Å². The van der Waals surface area contributed by atoms with Crippen LogP contribution in [0.2, 0.25) is 0 Å². The molecule has 3 N–H and O–H groups in total. The van der Waals surface area contributed by atoms with E-state index < -0.39 is 5.60 Å². The molecule has 0 aliphatic carbocycles. The van der Waals surface area contributed by atoms with Gasteiger partial charge in [0.15, 0.2) is 5.96 Å². The van der Waals surface area contributed by atoms with Gasteiger partial charge < -0.3 is 25.5 Å². The lowest BCUT2D eigenvalue weighted by atomic mass is 9.93. The van der Waals surface area contributed by atoms with Crippen LogP contribution in [0.25, 0.3) is 0 Å². The predicted octanol–water partition coefficient (Wildman–Crippen LogP) is 1.90. The Labute approximate surface area is 161 Å². The van der Waals surface area contributed by atoms with Gasteiger partial charge >= 0.3 is 0 Å². The minimum absolute atomic E-state index is 0.475. The molecular formula is C20H43N5O. The molecule has 0 spiro atoms. The molecule has 0 atom stereocenters. The molecule has 0 amide bonds. The molecule has 1 fully saturated rings. The topological polar surface area (TPSA) is 63.1 Å². The van der Waals surface area contributed by atoms with Gasteiger partial charge in [0, 0.05) is 26.2 Å². The van der Waals surface area contributed by atoms with Crippen molar-refractivity contribution in [3.8, 4) is 0 Å². The van der Waals surface area contributed by atoms with Crippen molar-refractivity contribution >= 4 is 5.96 Å². The van der Waals surface area contributed by atoms with E-state index in [1.807, 2.05) is 0 Å². The second kappa shape index (κ2) is 13.3. The molecule has 0 bridgehead atoms. The van der Waals surface area contributed by atoms with Crippen LogP contribution in [0.3, 0.4) is 0 Å². The zero-order chi connectivity index (χ0) is 19.3. The van der Waals surface area contributed by atoms with Gasteiger partial charge in [-0.1, -0.05) is 26.7 Å². The Morgan fingerprint density at radius 3 is 2.42 bits per heavy atom. The van der Waals surface area contributed by atoms with Crippen LogP contribution in [-0.4, -0.2) is 85.9 Å². The highest BCUT2D eigenvalue weighted by Crippen LogP contribution is 2.19. The molecule has 0 unspecified atom stereocenters. The van der Waals surface area contributed by atoms with Gasteiger partial charge in [0.1, 0.15) is 0 Å². The average Bonchev–Trinajstić information content (AvgIpc) is 2.81.